The molecule has 1 unspecified atom stereocenters. The van der Waals surface area contributed by atoms with Gasteiger partial charge >= 0.3 is 0 Å². The van der Waals surface area contributed by atoms with Crippen molar-refractivity contribution >= 4 is 11.8 Å². The second-order valence-electron chi connectivity index (χ2n) is 16.4. The van der Waals surface area contributed by atoms with Crippen LogP contribution in [0.1, 0.15) is 157 Å². The number of aromatic nitrogens is 1. The quantitative estimate of drug-likeness (QED) is 0.227. The molecule has 7 nitrogen and oxygen atoms in total. The van der Waals surface area contributed by atoms with E-state index >= 15 is 0 Å². The molecular weight excluding hydrogens is 619 g/mol. The van der Waals surface area contributed by atoms with Gasteiger partial charge in [0.15, 0.2) is 0 Å². The lowest BCUT2D eigenvalue weighted by Gasteiger charge is -2.31. The number of fused-ring (bicyclic) bond motifs is 10. The first-order valence-corrected chi connectivity index (χ1v) is 19.8. The molecule has 0 radical (unpaired) electrons. The van der Waals surface area contributed by atoms with Crippen molar-refractivity contribution < 1.29 is 9.59 Å². The van der Waals surface area contributed by atoms with Crippen molar-refractivity contribution in [2.75, 3.05) is 13.1 Å². The van der Waals surface area contributed by atoms with Crippen molar-refractivity contribution in [1.29, 1.82) is 0 Å². The van der Waals surface area contributed by atoms with E-state index in [2.05, 4.69) is 73.9 Å². The van der Waals surface area contributed by atoms with Crippen molar-refractivity contribution in [1.82, 2.24) is 25.4 Å². The Morgan fingerprint density at radius 2 is 0.900 bits per heavy atom. The molecule has 4 bridgehead atoms. The minimum atomic E-state index is -0.114. The Balaban J connectivity index is 0.698. The molecule has 2 aliphatic carbocycles. The third-order valence-electron chi connectivity index (χ3n) is 13.7. The van der Waals surface area contributed by atoms with Crippen LogP contribution in [-0.2, 0) is 0 Å². The van der Waals surface area contributed by atoms with E-state index in [0.717, 1.165) is 63.2 Å². The highest BCUT2D eigenvalue weighted by Gasteiger charge is 2.44. The Labute approximate surface area is 297 Å². The summed E-state index contributed by atoms with van der Waals surface area (Å²) in [4.78, 5) is 36.3. The highest BCUT2D eigenvalue weighted by molar-refractivity contribution is 5.99. The number of benzene rings is 2. The van der Waals surface area contributed by atoms with Gasteiger partial charge in [-0.05, 0) is 143 Å². The SMILES string of the molecule is O=C(NC1CCC(CCN2C3CC[C@@H]2c2ccccc23)CC1)c1cncc(C(=O)NC2CCC(CCN3[C@@H]4CC[C@H]3c3ccccc34)CC2)c1. The zero-order valence-electron chi connectivity index (χ0n) is 29.4. The van der Waals surface area contributed by atoms with Crippen molar-refractivity contribution in [2.24, 2.45) is 11.8 Å². The van der Waals surface area contributed by atoms with Crippen LogP contribution in [0.25, 0.3) is 0 Å². The number of rotatable bonds is 10. The Morgan fingerprint density at radius 1 is 0.540 bits per heavy atom. The van der Waals surface area contributed by atoms with Gasteiger partial charge in [-0.15, -0.1) is 0 Å². The third kappa shape index (κ3) is 6.19. The van der Waals surface area contributed by atoms with Gasteiger partial charge in [-0.25, -0.2) is 0 Å². The number of hydrogen-bond donors (Lipinski definition) is 2. The lowest BCUT2D eigenvalue weighted by atomic mass is 9.84. The van der Waals surface area contributed by atoms with Crippen molar-refractivity contribution in [3.8, 4) is 0 Å². The topological polar surface area (TPSA) is 77.6 Å². The second-order valence-corrected chi connectivity index (χ2v) is 16.4. The zero-order valence-corrected chi connectivity index (χ0v) is 29.4. The summed E-state index contributed by atoms with van der Waals surface area (Å²) < 4.78 is 0. The molecule has 1 aromatic heterocycles. The molecule has 4 fully saturated rings. The summed E-state index contributed by atoms with van der Waals surface area (Å²) >= 11 is 0. The summed E-state index contributed by atoms with van der Waals surface area (Å²) in [5.74, 6) is 1.23. The number of amides is 2. The normalized spacial score (nSPS) is 31.4. The molecular formula is C43H53N5O2. The molecule has 4 atom stereocenters. The largest absolute Gasteiger partial charge is 0.349 e. The number of nitrogens with one attached hydrogen (secondary N) is 2. The average molecular weight is 672 g/mol. The number of nitrogens with zero attached hydrogens (tertiary/aromatic N) is 3. The number of carbonyl (C=O) groups is 2. The van der Waals surface area contributed by atoms with Gasteiger partial charge in [-0.1, -0.05) is 48.5 Å². The van der Waals surface area contributed by atoms with Gasteiger partial charge in [0.25, 0.3) is 11.8 Å². The summed E-state index contributed by atoms with van der Waals surface area (Å²) in [6.45, 7) is 2.37. The molecule has 2 saturated carbocycles. The lowest BCUT2D eigenvalue weighted by Crippen LogP contribution is -2.39. The average Bonchev–Trinajstić information content (AvgIpc) is 3.92. The van der Waals surface area contributed by atoms with Gasteiger partial charge in [0, 0.05) is 48.6 Å². The molecule has 2 amide bonds. The molecule has 50 heavy (non-hydrogen) atoms. The molecule has 5 heterocycles. The second kappa shape index (κ2) is 13.9. The predicted molar refractivity (Wildman–Crippen MR) is 196 cm³/mol. The Morgan fingerprint density at radius 3 is 1.26 bits per heavy atom. The van der Waals surface area contributed by atoms with E-state index in [9.17, 15) is 9.59 Å². The van der Waals surface area contributed by atoms with Crippen LogP contribution in [0.2, 0.25) is 0 Å². The van der Waals surface area contributed by atoms with Crippen molar-refractivity contribution in [3.05, 3.63) is 100 Å². The van der Waals surface area contributed by atoms with E-state index in [0.29, 0.717) is 35.3 Å². The van der Waals surface area contributed by atoms with Crippen LogP contribution in [0.4, 0.5) is 0 Å². The monoisotopic (exact) mass is 671 g/mol. The van der Waals surface area contributed by atoms with E-state index in [1.807, 2.05) is 0 Å². The van der Waals surface area contributed by atoms with Crippen LogP contribution in [0, 0.1) is 11.8 Å². The fourth-order valence-electron chi connectivity index (χ4n) is 11.0. The van der Waals surface area contributed by atoms with Gasteiger partial charge in [-0.2, -0.15) is 0 Å². The van der Waals surface area contributed by atoms with E-state index in [-0.39, 0.29) is 23.9 Å². The summed E-state index contributed by atoms with van der Waals surface area (Å²) in [7, 11) is 0. The Kier molecular flexibility index (Phi) is 8.98. The zero-order chi connectivity index (χ0) is 33.6. The van der Waals surface area contributed by atoms with Crippen LogP contribution in [0.5, 0.6) is 0 Å². The van der Waals surface area contributed by atoms with E-state index < -0.39 is 0 Å². The Bertz CT molecular complexity index is 1530. The summed E-state index contributed by atoms with van der Waals surface area (Å²) in [6, 6.07) is 22.7. The summed E-state index contributed by atoms with van der Waals surface area (Å²) in [5, 5.41) is 6.53. The first-order chi connectivity index (χ1) is 24.6. The number of carbonyl (C=O) groups excluding carboxylic acids is 2. The highest BCUT2D eigenvalue weighted by Crippen LogP contribution is 2.54. The van der Waals surface area contributed by atoms with E-state index in [1.54, 1.807) is 40.7 Å². The van der Waals surface area contributed by atoms with Crippen LogP contribution < -0.4 is 10.6 Å². The van der Waals surface area contributed by atoms with Crippen LogP contribution in [0.15, 0.2) is 67.0 Å². The van der Waals surface area contributed by atoms with E-state index in [4.69, 9.17) is 0 Å². The minimum absolute atomic E-state index is 0.114. The molecule has 2 aromatic carbocycles. The van der Waals surface area contributed by atoms with Crippen LogP contribution in [-0.4, -0.2) is 51.8 Å². The van der Waals surface area contributed by atoms with Crippen LogP contribution >= 0.6 is 0 Å². The molecule has 262 valence electrons. The molecule has 0 spiro atoms. The fourth-order valence-corrected chi connectivity index (χ4v) is 11.0. The maximum Gasteiger partial charge on any atom is 0.253 e. The molecule has 6 aliphatic rings. The first-order valence-electron chi connectivity index (χ1n) is 19.8. The number of pyridine rings is 1. The molecule has 4 aliphatic heterocycles. The maximum atomic E-state index is 13.3. The van der Waals surface area contributed by atoms with Gasteiger partial charge in [0.05, 0.1) is 11.1 Å². The van der Waals surface area contributed by atoms with Gasteiger partial charge in [0.1, 0.15) is 0 Å². The predicted octanol–water partition coefficient (Wildman–Crippen LogP) is 8.22. The lowest BCUT2D eigenvalue weighted by molar-refractivity contribution is 0.0918. The summed E-state index contributed by atoms with van der Waals surface area (Å²) in [6.07, 6.45) is 19.6. The summed E-state index contributed by atoms with van der Waals surface area (Å²) in [5.41, 5.74) is 7.22. The highest BCUT2D eigenvalue weighted by atomic mass is 16.2. The maximum absolute atomic E-state index is 13.3. The van der Waals surface area contributed by atoms with Crippen molar-refractivity contribution in [3.63, 3.8) is 0 Å². The standard InChI is InChI=1S/C43H53N5O2/c49-42(45-32-13-9-28(10-14-32)21-23-47-38-17-18-39(47)35-6-2-1-5-34(35)38)30-25-31(27-44-26-30)43(50)46-33-15-11-29(12-16-33)22-24-48-40-19-20-41(48)37-8-4-3-7-36(37)40/h1-8,25-29,32-33,38-41H,9-24H2,(H,45,49)(H,46,50)/t28?,29?,32?,33?,38-,39+,40-,41?/m1/s1. The molecule has 3 aromatic rings. The van der Waals surface area contributed by atoms with Gasteiger partial charge in [-0.3, -0.25) is 24.4 Å². The smallest absolute Gasteiger partial charge is 0.253 e. The molecule has 7 heteroatoms. The van der Waals surface area contributed by atoms with Gasteiger partial charge < -0.3 is 10.6 Å². The molecule has 2 N–H and O–H groups in total. The van der Waals surface area contributed by atoms with Crippen molar-refractivity contribution in [2.45, 2.75) is 126 Å². The third-order valence-corrected chi connectivity index (χ3v) is 13.7. The first kappa shape index (κ1) is 32.4. The molecule has 9 rings (SSSR count). The Hall–Kier alpha value is -3.55. The molecule has 2 saturated heterocycles. The van der Waals surface area contributed by atoms with Gasteiger partial charge in [0.2, 0.25) is 0 Å². The van der Waals surface area contributed by atoms with Crippen LogP contribution in [0.3, 0.4) is 0 Å². The van der Waals surface area contributed by atoms with E-state index in [1.165, 1.54) is 51.6 Å². The fraction of sp³-hybridized carbons (Fsp3) is 0.558. The number of hydrogen-bond acceptors (Lipinski definition) is 5. The minimum Gasteiger partial charge on any atom is -0.349 e.